The van der Waals surface area contributed by atoms with E-state index in [0.29, 0.717) is 0 Å². The minimum Gasteiger partial charge on any atom is -0.363 e. The summed E-state index contributed by atoms with van der Waals surface area (Å²) in [5.74, 6) is 0.132. The first-order valence-electron chi connectivity index (χ1n) is 5.71. The maximum Gasteiger partial charge on any atom is 0.269 e. The fourth-order valence-electron chi connectivity index (χ4n) is 1.63. The Morgan fingerprint density at radius 2 is 2.23 bits per heavy atom. The Hall–Kier alpha value is -1.13. The van der Waals surface area contributed by atoms with E-state index in [-0.39, 0.29) is 33.1 Å². The predicted molar refractivity (Wildman–Crippen MR) is 82.3 cm³/mol. The summed E-state index contributed by atoms with van der Waals surface area (Å²) in [5.41, 5.74) is 0. The van der Waals surface area contributed by atoms with Crippen LogP contribution in [0.3, 0.4) is 0 Å². The van der Waals surface area contributed by atoms with Crippen molar-refractivity contribution < 1.29 is 22.5 Å². The molecule has 2 heterocycles. The highest BCUT2D eigenvalue weighted by molar-refractivity contribution is 7.93. The average molecular weight is 385 g/mol. The Morgan fingerprint density at radius 1 is 1.55 bits per heavy atom. The molecule has 0 spiro atoms. The van der Waals surface area contributed by atoms with E-state index in [2.05, 4.69) is 5.16 Å². The number of aromatic nitrogens is 1. The lowest BCUT2D eigenvalue weighted by atomic mass is 10.5. The molecule has 0 aliphatic heterocycles. The van der Waals surface area contributed by atoms with Crippen LogP contribution in [0.25, 0.3) is 0 Å². The van der Waals surface area contributed by atoms with Crippen LogP contribution in [0, 0.1) is 6.92 Å². The topological polar surface area (TPSA) is 89.7 Å². The number of methoxy groups -OCH3 is 1. The normalized spacial score (nSPS) is 11.6. The van der Waals surface area contributed by atoms with Crippen LogP contribution in [-0.4, -0.2) is 32.7 Å². The molecule has 120 valence electrons. The van der Waals surface area contributed by atoms with E-state index in [1.165, 1.54) is 25.5 Å². The van der Waals surface area contributed by atoms with Crippen LogP contribution in [0.2, 0.25) is 5.02 Å². The zero-order chi connectivity index (χ0) is 16.5. The number of ether oxygens (including phenoxy) is 1. The predicted octanol–water partition coefficient (Wildman–Crippen LogP) is 2.88. The number of aryl methyl sites for hydroxylation is 1. The van der Waals surface area contributed by atoms with Gasteiger partial charge in [0.1, 0.15) is 21.5 Å². The molecule has 0 fully saturated rings. The van der Waals surface area contributed by atoms with Gasteiger partial charge < -0.3 is 9.26 Å². The third kappa shape index (κ3) is 2.99. The van der Waals surface area contributed by atoms with Crippen LogP contribution in [0.1, 0.15) is 15.4 Å². The second kappa shape index (κ2) is 6.55. The molecule has 2 aromatic rings. The highest BCUT2D eigenvalue weighted by Gasteiger charge is 2.33. The molecule has 0 radical (unpaired) electrons. The summed E-state index contributed by atoms with van der Waals surface area (Å²) in [6, 6.07) is 1.28. The van der Waals surface area contributed by atoms with Gasteiger partial charge in [0.2, 0.25) is 5.82 Å². The number of carbonyl (C=O) groups is 1. The summed E-state index contributed by atoms with van der Waals surface area (Å²) in [7, 11) is -2.84. The second-order valence-corrected chi connectivity index (χ2v) is 7.50. The highest BCUT2D eigenvalue weighted by atomic mass is 35.5. The Balaban J connectivity index is 2.58. The van der Waals surface area contributed by atoms with Gasteiger partial charge in [-0.05, 0) is 30.0 Å². The van der Waals surface area contributed by atoms with Crippen molar-refractivity contribution in [2.24, 2.45) is 0 Å². The van der Waals surface area contributed by atoms with Crippen molar-refractivity contribution in [1.29, 1.82) is 0 Å². The van der Waals surface area contributed by atoms with Crippen LogP contribution in [0.5, 0.6) is 0 Å². The maximum absolute atomic E-state index is 12.8. The van der Waals surface area contributed by atoms with Crippen LogP contribution in [0.4, 0.5) is 5.82 Å². The molecule has 0 aromatic carbocycles. The number of carbonyl (C=O) groups excluding carboxylic acids is 1. The SMILES string of the molecule is COCN(c1noc(C)c1Cl)S(=O)(=O)c1ccsc1C(=O)Cl. The van der Waals surface area contributed by atoms with E-state index in [1.54, 1.807) is 0 Å². The molecule has 2 rings (SSSR count). The Bertz CT molecular complexity index is 799. The molecule has 11 heteroatoms. The number of anilines is 1. The zero-order valence-electron chi connectivity index (χ0n) is 11.4. The first-order valence-corrected chi connectivity index (χ1v) is 8.79. The Morgan fingerprint density at radius 3 is 2.73 bits per heavy atom. The van der Waals surface area contributed by atoms with Crippen molar-refractivity contribution in [1.82, 2.24) is 5.16 Å². The zero-order valence-corrected chi connectivity index (χ0v) is 14.5. The van der Waals surface area contributed by atoms with Crippen molar-refractivity contribution in [2.45, 2.75) is 11.8 Å². The third-order valence-corrected chi connectivity index (χ3v) is 6.17. The second-order valence-electron chi connectivity index (χ2n) is 4.04. The van der Waals surface area contributed by atoms with Crippen molar-refractivity contribution in [2.75, 3.05) is 18.1 Å². The third-order valence-electron chi connectivity index (χ3n) is 2.63. The molecule has 0 N–H and O–H groups in total. The van der Waals surface area contributed by atoms with Crippen LogP contribution >= 0.6 is 34.5 Å². The van der Waals surface area contributed by atoms with Gasteiger partial charge in [-0.3, -0.25) is 4.79 Å². The van der Waals surface area contributed by atoms with E-state index in [1.807, 2.05) is 0 Å². The minimum atomic E-state index is -4.15. The standard InChI is InChI=1S/C11H10Cl2N2O5S2/c1-6-8(12)11(14-20-6)15(5-19-2)22(17,18)7-3-4-21-9(7)10(13)16/h3-4H,5H2,1-2H3. The summed E-state index contributed by atoms with van der Waals surface area (Å²) in [6.07, 6.45) is 0. The monoisotopic (exact) mass is 384 g/mol. The Labute approximate surface area is 140 Å². The summed E-state index contributed by atoms with van der Waals surface area (Å²) in [4.78, 5) is 11.0. The molecule has 2 aromatic heterocycles. The summed E-state index contributed by atoms with van der Waals surface area (Å²) < 4.78 is 36.1. The van der Waals surface area contributed by atoms with Crippen molar-refractivity contribution in [3.63, 3.8) is 0 Å². The molecule has 0 saturated carbocycles. The molecule has 0 atom stereocenters. The van der Waals surface area contributed by atoms with E-state index in [0.717, 1.165) is 15.6 Å². The van der Waals surface area contributed by atoms with Gasteiger partial charge in [-0.1, -0.05) is 16.8 Å². The van der Waals surface area contributed by atoms with Gasteiger partial charge in [0.05, 0.1) is 0 Å². The summed E-state index contributed by atoms with van der Waals surface area (Å²) >= 11 is 12.3. The maximum atomic E-state index is 12.8. The number of nitrogens with zero attached hydrogens (tertiary/aromatic N) is 2. The van der Waals surface area contributed by atoms with Crippen LogP contribution in [0.15, 0.2) is 20.9 Å². The quantitative estimate of drug-likeness (QED) is 0.561. The number of hydrogen-bond acceptors (Lipinski definition) is 7. The van der Waals surface area contributed by atoms with Crippen molar-refractivity contribution in [3.05, 3.63) is 27.1 Å². The van der Waals surface area contributed by atoms with Crippen molar-refractivity contribution >= 4 is 55.6 Å². The van der Waals surface area contributed by atoms with Gasteiger partial charge in [-0.2, -0.15) is 0 Å². The van der Waals surface area contributed by atoms with Crippen LogP contribution < -0.4 is 4.31 Å². The lowest BCUT2D eigenvalue weighted by Gasteiger charge is -2.20. The smallest absolute Gasteiger partial charge is 0.269 e. The number of rotatable bonds is 6. The fraction of sp³-hybridized carbons (Fsp3) is 0.273. The number of halogens is 2. The molecular weight excluding hydrogens is 375 g/mol. The fourth-order valence-corrected chi connectivity index (χ4v) is 4.71. The summed E-state index contributed by atoms with van der Waals surface area (Å²) in [5, 5.41) is 4.25. The van der Waals surface area contributed by atoms with E-state index in [9.17, 15) is 13.2 Å². The van der Waals surface area contributed by atoms with Crippen molar-refractivity contribution in [3.8, 4) is 0 Å². The van der Waals surface area contributed by atoms with Gasteiger partial charge in [-0.25, -0.2) is 12.7 Å². The molecule has 0 aliphatic rings. The lowest BCUT2D eigenvalue weighted by molar-refractivity contribution is 0.108. The lowest BCUT2D eigenvalue weighted by Crippen LogP contribution is -2.33. The molecule has 22 heavy (non-hydrogen) atoms. The van der Waals surface area contributed by atoms with E-state index < -0.39 is 15.3 Å². The van der Waals surface area contributed by atoms with Gasteiger partial charge in [0.15, 0.2) is 5.76 Å². The molecule has 0 unspecified atom stereocenters. The number of sulfonamides is 1. The van der Waals surface area contributed by atoms with E-state index >= 15 is 0 Å². The molecule has 0 amide bonds. The number of thiophene rings is 1. The van der Waals surface area contributed by atoms with Gasteiger partial charge in [0, 0.05) is 7.11 Å². The minimum absolute atomic E-state index is 0.0367. The summed E-state index contributed by atoms with van der Waals surface area (Å²) in [6.45, 7) is 1.18. The first-order chi connectivity index (χ1) is 10.3. The average Bonchev–Trinajstić information content (AvgIpc) is 3.06. The first kappa shape index (κ1) is 17.2. The molecular formula is C11H10Cl2N2O5S2. The van der Waals surface area contributed by atoms with E-state index in [4.69, 9.17) is 32.5 Å². The van der Waals surface area contributed by atoms with Gasteiger partial charge in [-0.15, -0.1) is 11.3 Å². The Kier molecular flexibility index (Phi) is 5.13. The van der Waals surface area contributed by atoms with Gasteiger partial charge in [0.25, 0.3) is 15.3 Å². The molecule has 0 saturated heterocycles. The molecule has 0 aliphatic carbocycles. The largest absolute Gasteiger partial charge is 0.363 e. The number of hydrogen-bond donors (Lipinski definition) is 0. The molecule has 0 bridgehead atoms. The molecule has 7 nitrogen and oxygen atoms in total. The van der Waals surface area contributed by atoms with Crippen LogP contribution in [-0.2, 0) is 14.8 Å². The highest BCUT2D eigenvalue weighted by Crippen LogP contribution is 2.34. The van der Waals surface area contributed by atoms with Gasteiger partial charge >= 0.3 is 0 Å².